The van der Waals surface area contributed by atoms with Crippen molar-refractivity contribution in [2.24, 2.45) is 0 Å². The molecule has 2 aromatic carbocycles. The predicted molar refractivity (Wildman–Crippen MR) is 102 cm³/mol. The van der Waals surface area contributed by atoms with Crippen LogP contribution in [0.1, 0.15) is 45.2 Å². The number of carbonyl (C=O) groups excluding carboxylic acids is 1. The number of ether oxygens (including phenoxy) is 2. The van der Waals surface area contributed by atoms with Crippen LogP contribution in [0.4, 0.5) is 0 Å². The number of benzene rings is 2. The molecule has 0 amide bonds. The Hall–Kier alpha value is -2.55. The third-order valence-electron chi connectivity index (χ3n) is 3.69. The van der Waals surface area contributed by atoms with E-state index in [4.69, 9.17) is 9.47 Å². The lowest BCUT2D eigenvalue weighted by atomic mass is 9.86. The maximum Gasteiger partial charge on any atom is 0.336 e. The minimum absolute atomic E-state index is 0.0961. The second-order valence-electron chi connectivity index (χ2n) is 6.89. The van der Waals surface area contributed by atoms with Crippen LogP contribution in [0.5, 0.6) is 11.5 Å². The zero-order chi connectivity index (χ0) is 18.3. The lowest BCUT2D eigenvalue weighted by Gasteiger charge is -2.21. The van der Waals surface area contributed by atoms with Gasteiger partial charge >= 0.3 is 5.97 Å². The molecule has 0 heterocycles. The zero-order valence-corrected chi connectivity index (χ0v) is 15.4. The molecule has 0 fully saturated rings. The maximum absolute atomic E-state index is 12.2. The molecule has 3 heteroatoms. The van der Waals surface area contributed by atoms with E-state index in [1.54, 1.807) is 6.08 Å². The van der Waals surface area contributed by atoms with Gasteiger partial charge in [0.25, 0.3) is 0 Å². The third-order valence-corrected chi connectivity index (χ3v) is 3.69. The Labute approximate surface area is 150 Å². The molecule has 0 unspecified atom stereocenters. The monoisotopic (exact) mass is 338 g/mol. The molecule has 2 aromatic rings. The fraction of sp³-hybridized carbons (Fsp3) is 0.318. The van der Waals surface area contributed by atoms with E-state index in [1.807, 2.05) is 48.5 Å². The molecule has 0 saturated carbocycles. The van der Waals surface area contributed by atoms with Crippen LogP contribution in [0.15, 0.2) is 54.6 Å². The van der Waals surface area contributed by atoms with Crippen molar-refractivity contribution in [3.63, 3.8) is 0 Å². The van der Waals surface area contributed by atoms with Crippen molar-refractivity contribution in [3.8, 4) is 11.5 Å². The first kappa shape index (κ1) is 18.8. The van der Waals surface area contributed by atoms with Crippen molar-refractivity contribution in [3.05, 3.63) is 65.7 Å². The number of hydrogen-bond acceptors (Lipinski definition) is 3. The van der Waals surface area contributed by atoms with Crippen LogP contribution in [-0.2, 0) is 10.2 Å². The molecular weight excluding hydrogens is 312 g/mol. The number of hydrogen-bond donors (Lipinski definition) is 0. The van der Waals surface area contributed by atoms with Gasteiger partial charge in [-0.3, -0.25) is 0 Å². The first-order valence-corrected chi connectivity index (χ1v) is 8.63. The molecule has 0 aliphatic heterocycles. The van der Waals surface area contributed by atoms with Gasteiger partial charge in [-0.2, -0.15) is 0 Å². The second-order valence-corrected chi connectivity index (χ2v) is 6.89. The van der Waals surface area contributed by atoms with Crippen LogP contribution in [0.2, 0.25) is 0 Å². The predicted octanol–water partition coefficient (Wildman–Crippen LogP) is 5.39. The molecule has 0 aliphatic rings. The molecule has 0 atom stereocenters. The van der Waals surface area contributed by atoms with Gasteiger partial charge in [0.1, 0.15) is 11.5 Å². The summed E-state index contributed by atoms with van der Waals surface area (Å²) >= 11 is 0. The van der Waals surface area contributed by atoms with Crippen LogP contribution in [0.3, 0.4) is 0 Å². The minimum atomic E-state index is -0.401. The molecule has 132 valence electrons. The summed E-state index contributed by atoms with van der Waals surface area (Å²) in [6, 6.07) is 15.3. The number of esters is 1. The SMILES string of the molecule is CCCOc1ccccc1/C=C/C(=O)Oc1ccccc1C(C)(C)C. The van der Waals surface area contributed by atoms with E-state index in [9.17, 15) is 4.79 Å². The first-order valence-electron chi connectivity index (χ1n) is 8.63. The molecule has 0 aliphatic carbocycles. The molecule has 0 bridgehead atoms. The fourth-order valence-corrected chi connectivity index (χ4v) is 2.44. The van der Waals surface area contributed by atoms with E-state index in [2.05, 4.69) is 27.7 Å². The summed E-state index contributed by atoms with van der Waals surface area (Å²) in [5.74, 6) is 0.964. The van der Waals surface area contributed by atoms with Crippen LogP contribution in [0.25, 0.3) is 6.08 Å². The third kappa shape index (κ3) is 5.49. The van der Waals surface area contributed by atoms with Crippen LogP contribution >= 0.6 is 0 Å². The fourth-order valence-electron chi connectivity index (χ4n) is 2.44. The number of para-hydroxylation sites is 2. The quantitative estimate of drug-likeness (QED) is 0.402. The van der Waals surface area contributed by atoms with Gasteiger partial charge in [-0.25, -0.2) is 4.79 Å². The van der Waals surface area contributed by atoms with Crippen molar-refractivity contribution < 1.29 is 14.3 Å². The van der Waals surface area contributed by atoms with Crippen molar-refractivity contribution in [1.82, 2.24) is 0 Å². The molecule has 2 rings (SSSR count). The van der Waals surface area contributed by atoms with Crippen LogP contribution in [0, 0.1) is 0 Å². The highest BCUT2D eigenvalue weighted by molar-refractivity contribution is 5.89. The van der Waals surface area contributed by atoms with Crippen LogP contribution < -0.4 is 9.47 Å². The largest absolute Gasteiger partial charge is 0.493 e. The first-order chi connectivity index (χ1) is 11.9. The van der Waals surface area contributed by atoms with E-state index in [0.29, 0.717) is 12.4 Å². The maximum atomic E-state index is 12.2. The summed E-state index contributed by atoms with van der Waals surface area (Å²) in [7, 11) is 0. The Bertz CT molecular complexity index is 739. The second kappa shape index (κ2) is 8.52. The summed E-state index contributed by atoms with van der Waals surface area (Å²) in [5.41, 5.74) is 1.77. The smallest absolute Gasteiger partial charge is 0.336 e. The van der Waals surface area contributed by atoms with Gasteiger partial charge in [-0.1, -0.05) is 64.1 Å². The number of rotatable bonds is 6. The van der Waals surface area contributed by atoms with E-state index in [1.165, 1.54) is 6.08 Å². The zero-order valence-electron chi connectivity index (χ0n) is 15.4. The van der Waals surface area contributed by atoms with Crippen molar-refractivity contribution in [2.45, 2.75) is 39.5 Å². The molecule has 25 heavy (non-hydrogen) atoms. The topological polar surface area (TPSA) is 35.5 Å². The molecule has 0 aromatic heterocycles. The Kier molecular flexibility index (Phi) is 6.40. The summed E-state index contributed by atoms with van der Waals surface area (Å²) in [6.07, 6.45) is 4.10. The van der Waals surface area contributed by atoms with Gasteiger partial charge in [-0.15, -0.1) is 0 Å². The lowest BCUT2D eigenvalue weighted by Crippen LogP contribution is -2.15. The molecular formula is C22H26O3. The molecule has 0 N–H and O–H groups in total. The van der Waals surface area contributed by atoms with Gasteiger partial charge in [0.05, 0.1) is 6.61 Å². The van der Waals surface area contributed by atoms with Gasteiger partial charge < -0.3 is 9.47 Å². The van der Waals surface area contributed by atoms with Gasteiger partial charge in [0.2, 0.25) is 0 Å². The normalized spacial score (nSPS) is 11.5. The Morgan fingerprint density at radius 1 is 1.00 bits per heavy atom. The van der Waals surface area contributed by atoms with E-state index in [-0.39, 0.29) is 5.41 Å². The Morgan fingerprint density at radius 3 is 2.32 bits per heavy atom. The average Bonchev–Trinajstić information content (AvgIpc) is 2.58. The molecule has 0 spiro atoms. The number of carbonyl (C=O) groups is 1. The Balaban J connectivity index is 2.13. The van der Waals surface area contributed by atoms with Crippen molar-refractivity contribution in [1.29, 1.82) is 0 Å². The summed E-state index contributed by atoms with van der Waals surface area (Å²) in [4.78, 5) is 12.2. The molecule has 0 saturated heterocycles. The Morgan fingerprint density at radius 2 is 1.64 bits per heavy atom. The van der Waals surface area contributed by atoms with Crippen LogP contribution in [-0.4, -0.2) is 12.6 Å². The van der Waals surface area contributed by atoms with E-state index < -0.39 is 5.97 Å². The highest BCUT2D eigenvalue weighted by Crippen LogP contribution is 2.31. The van der Waals surface area contributed by atoms with Gasteiger partial charge in [0, 0.05) is 17.2 Å². The molecule has 0 radical (unpaired) electrons. The van der Waals surface area contributed by atoms with Crippen molar-refractivity contribution >= 4 is 12.0 Å². The summed E-state index contributed by atoms with van der Waals surface area (Å²) in [6.45, 7) is 8.99. The lowest BCUT2D eigenvalue weighted by molar-refractivity contribution is -0.128. The van der Waals surface area contributed by atoms with E-state index >= 15 is 0 Å². The average molecular weight is 338 g/mol. The highest BCUT2D eigenvalue weighted by Gasteiger charge is 2.19. The van der Waals surface area contributed by atoms with Gasteiger partial charge in [-0.05, 0) is 30.0 Å². The minimum Gasteiger partial charge on any atom is -0.493 e. The highest BCUT2D eigenvalue weighted by atomic mass is 16.5. The van der Waals surface area contributed by atoms with Gasteiger partial charge in [0.15, 0.2) is 0 Å². The van der Waals surface area contributed by atoms with E-state index in [0.717, 1.165) is 23.3 Å². The summed E-state index contributed by atoms with van der Waals surface area (Å²) in [5, 5.41) is 0. The van der Waals surface area contributed by atoms with Crippen molar-refractivity contribution in [2.75, 3.05) is 6.61 Å². The standard InChI is InChI=1S/C22H26O3/c1-5-16-24-19-12-8-6-10-17(19)14-15-21(23)25-20-13-9-7-11-18(20)22(2,3)4/h6-15H,5,16H2,1-4H3/b15-14+. The molecule has 3 nitrogen and oxygen atoms in total. The summed E-state index contributed by atoms with van der Waals surface area (Å²) < 4.78 is 11.2.